The molecule has 0 spiro atoms. The summed E-state index contributed by atoms with van der Waals surface area (Å²) in [5.41, 5.74) is 3.37. The van der Waals surface area contributed by atoms with Crippen LogP contribution in [-0.4, -0.2) is 24.5 Å². The lowest BCUT2D eigenvalue weighted by Gasteiger charge is -2.41. The highest BCUT2D eigenvalue weighted by molar-refractivity contribution is 5.87. The Bertz CT molecular complexity index is 512. The number of carbonyl (C=O) groups excluding carboxylic acids is 1. The molecule has 1 aliphatic rings. The smallest absolute Gasteiger partial charge is 0.243 e. The maximum absolute atomic E-state index is 12.0. The van der Waals surface area contributed by atoms with Gasteiger partial charge in [0.05, 0.1) is 12.5 Å². The number of rotatable bonds is 2. The Labute approximate surface area is 114 Å². The Morgan fingerprint density at radius 2 is 2.00 bits per heavy atom. The standard InChI is InChI=1S/C15H19N3O/c1-10-6-11(2)8-13(7-10)18-12(3)9-17-15(19)14(18)4-5-16/h6-8,12,14H,4,9H2,1-3H3,(H,17,19). The predicted molar refractivity (Wildman–Crippen MR) is 74.9 cm³/mol. The largest absolute Gasteiger partial charge is 0.354 e. The number of nitrogens with one attached hydrogen (secondary N) is 1. The number of aryl methyl sites for hydroxylation is 2. The van der Waals surface area contributed by atoms with Gasteiger partial charge in [-0.25, -0.2) is 0 Å². The van der Waals surface area contributed by atoms with Gasteiger partial charge >= 0.3 is 0 Å². The molecule has 2 rings (SSSR count). The van der Waals surface area contributed by atoms with Crippen LogP contribution in [0.5, 0.6) is 0 Å². The molecule has 0 radical (unpaired) electrons. The SMILES string of the molecule is Cc1cc(C)cc(N2C(C)CNC(=O)C2CC#N)c1. The molecular formula is C15H19N3O. The van der Waals surface area contributed by atoms with Gasteiger partial charge in [-0.3, -0.25) is 4.79 Å². The molecule has 1 aromatic rings. The van der Waals surface area contributed by atoms with Crippen molar-refractivity contribution < 1.29 is 4.79 Å². The van der Waals surface area contributed by atoms with Crippen molar-refractivity contribution >= 4 is 11.6 Å². The first kappa shape index (κ1) is 13.4. The first-order valence-corrected chi connectivity index (χ1v) is 6.54. The van der Waals surface area contributed by atoms with Gasteiger partial charge in [0.15, 0.2) is 0 Å². The van der Waals surface area contributed by atoms with E-state index in [1.807, 2.05) is 13.8 Å². The molecule has 1 N–H and O–H groups in total. The number of amides is 1. The maximum atomic E-state index is 12.0. The van der Waals surface area contributed by atoms with E-state index in [1.54, 1.807) is 0 Å². The van der Waals surface area contributed by atoms with Crippen molar-refractivity contribution in [1.82, 2.24) is 5.32 Å². The van der Waals surface area contributed by atoms with Crippen molar-refractivity contribution in [2.24, 2.45) is 0 Å². The highest BCUT2D eigenvalue weighted by Crippen LogP contribution is 2.26. The van der Waals surface area contributed by atoms with Gasteiger partial charge in [0.25, 0.3) is 0 Å². The van der Waals surface area contributed by atoms with Crippen molar-refractivity contribution in [3.63, 3.8) is 0 Å². The highest BCUT2D eigenvalue weighted by Gasteiger charge is 2.34. The average Bonchev–Trinajstić information content (AvgIpc) is 2.33. The summed E-state index contributed by atoms with van der Waals surface area (Å²) in [6, 6.07) is 8.17. The third-order valence-electron chi connectivity index (χ3n) is 3.47. The summed E-state index contributed by atoms with van der Waals surface area (Å²) in [5.74, 6) is -0.0567. The Morgan fingerprint density at radius 3 is 2.58 bits per heavy atom. The summed E-state index contributed by atoms with van der Waals surface area (Å²) in [5, 5.41) is 11.8. The zero-order valence-electron chi connectivity index (χ0n) is 11.6. The van der Waals surface area contributed by atoms with E-state index in [4.69, 9.17) is 5.26 Å². The number of carbonyl (C=O) groups is 1. The molecule has 4 heteroatoms. The molecule has 0 bridgehead atoms. The van der Waals surface area contributed by atoms with Gasteiger partial charge in [0.2, 0.25) is 5.91 Å². The molecule has 1 aliphatic heterocycles. The van der Waals surface area contributed by atoms with Gasteiger partial charge in [-0.15, -0.1) is 0 Å². The Morgan fingerprint density at radius 1 is 1.37 bits per heavy atom. The third kappa shape index (κ3) is 2.70. The Hall–Kier alpha value is -2.02. The summed E-state index contributed by atoms with van der Waals surface area (Å²) >= 11 is 0. The van der Waals surface area contributed by atoms with E-state index in [1.165, 1.54) is 11.1 Å². The number of hydrogen-bond acceptors (Lipinski definition) is 3. The van der Waals surface area contributed by atoms with E-state index in [0.717, 1.165) is 5.69 Å². The minimum absolute atomic E-state index is 0.0567. The number of anilines is 1. The quantitative estimate of drug-likeness (QED) is 0.880. The van der Waals surface area contributed by atoms with Gasteiger partial charge in [-0.05, 0) is 44.0 Å². The molecule has 1 fully saturated rings. The van der Waals surface area contributed by atoms with E-state index in [9.17, 15) is 4.79 Å². The zero-order valence-corrected chi connectivity index (χ0v) is 11.6. The summed E-state index contributed by atoms with van der Waals surface area (Å²) in [6.07, 6.45) is 0.211. The average molecular weight is 257 g/mol. The number of piperazine rings is 1. The molecule has 1 aromatic carbocycles. The lowest BCUT2D eigenvalue weighted by molar-refractivity contribution is -0.123. The molecule has 2 unspecified atom stereocenters. The van der Waals surface area contributed by atoms with Crippen LogP contribution in [0.3, 0.4) is 0 Å². The number of benzene rings is 1. The minimum Gasteiger partial charge on any atom is -0.354 e. The molecule has 100 valence electrons. The van der Waals surface area contributed by atoms with Crippen LogP contribution >= 0.6 is 0 Å². The summed E-state index contributed by atoms with van der Waals surface area (Å²) in [7, 11) is 0. The Balaban J connectivity index is 2.42. The lowest BCUT2D eigenvalue weighted by Crippen LogP contribution is -2.59. The summed E-state index contributed by atoms with van der Waals surface area (Å²) < 4.78 is 0. The molecule has 1 saturated heterocycles. The van der Waals surface area contributed by atoms with E-state index < -0.39 is 6.04 Å². The van der Waals surface area contributed by atoms with E-state index >= 15 is 0 Å². The first-order chi connectivity index (χ1) is 9.02. The van der Waals surface area contributed by atoms with Gasteiger partial charge < -0.3 is 10.2 Å². The highest BCUT2D eigenvalue weighted by atomic mass is 16.2. The van der Waals surface area contributed by atoms with Crippen molar-refractivity contribution in [3.8, 4) is 6.07 Å². The Kier molecular flexibility index (Phi) is 3.75. The zero-order chi connectivity index (χ0) is 14.0. The maximum Gasteiger partial charge on any atom is 0.243 e. The monoisotopic (exact) mass is 257 g/mol. The molecule has 0 saturated carbocycles. The number of hydrogen-bond donors (Lipinski definition) is 1. The molecule has 4 nitrogen and oxygen atoms in total. The predicted octanol–water partition coefficient (Wildman–Crippen LogP) is 1.91. The molecular weight excluding hydrogens is 238 g/mol. The fourth-order valence-electron chi connectivity index (χ4n) is 2.71. The van der Waals surface area contributed by atoms with Gasteiger partial charge in [-0.2, -0.15) is 5.26 Å². The van der Waals surface area contributed by atoms with Gasteiger partial charge in [0, 0.05) is 18.3 Å². The molecule has 2 atom stereocenters. The molecule has 0 aromatic heterocycles. The topological polar surface area (TPSA) is 56.1 Å². The van der Waals surface area contributed by atoms with Crippen LogP contribution in [0.4, 0.5) is 5.69 Å². The van der Waals surface area contributed by atoms with Gasteiger partial charge in [-0.1, -0.05) is 6.07 Å². The van der Waals surface area contributed by atoms with Crippen molar-refractivity contribution in [1.29, 1.82) is 5.26 Å². The van der Waals surface area contributed by atoms with Crippen molar-refractivity contribution in [2.75, 3.05) is 11.4 Å². The van der Waals surface area contributed by atoms with E-state index in [-0.39, 0.29) is 18.4 Å². The second-order valence-electron chi connectivity index (χ2n) is 5.23. The van der Waals surface area contributed by atoms with Crippen LogP contribution in [0.15, 0.2) is 18.2 Å². The fraction of sp³-hybridized carbons (Fsp3) is 0.467. The van der Waals surface area contributed by atoms with Crippen LogP contribution < -0.4 is 10.2 Å². The third-order valence-corrected chi connectivity index (χ3v) is 3.47. The van der Waals surface area contributed by atoms with Crippen LogP contribution in [0.1, 0.15) is 24.5 Å². The molecule has 19 heavy (non-hydrogen) atoms. The second kappa shape index (κ2) is 5.31. The van der Waals surface area contributed by atoms with E-state index in [2.05, 4.69) is 41.4 Å². The fourth-order valence-corrected chi connectivity index (χ4v) is 2.71. The van der Waals surface area contributed by atoms with Crippen LogP contribution in [-0.2, 0) is 4.79 Å². The number of nitriles is 1. The lowest BCUT2D eigenvalue weighted by atomic mass is 10.0. The molecule has 0 aliphatic carbocycles. The molecule has 1 amide bonds. The van der Waals surface area contributed by atoms with Gasteiger partial charge in [0.1, 0.15) is 6.04 Å². The summed E-state index contributed by atoms with van der Waals surface area (Å²) in [4.78, 5) is 14.1. The minimum atomic E-state index is -0.394. The van der Waals surface area contributed by atoms with Crippen LogP contribution in [0.2, 0.25) is 0 Å². The second-order valence-corrected chi connectivity index (χ2v) is 5.23. The van der Waals surface area contributed by atoms with Crippen LogP contribution in [0.25, 0.3) is 0 Å². The van der Waals surface area contributed by atoms with Crippen molar-refractivity contribution in [2.45, 2.75) is 39.3 Å². The number of nitrogens with zero attached hydrogens (tertiary/aromatic N) is 2. The normalized spacial score (nSPS) is 22.8. The molecule has 1 heterocycles. The summed E-state index contributed by atoms with van der Waals surface area (Å²) in [6.45, 7) is 6.78. The van der Waals surface area contributed by atoms with Crippen LogP contribution in [0, 0.1) is 25.2 Å². The van der Waals surface area contributed by atoms with E-state index in [0.29, 0.717) is 6.54 Å². The van der Waals surface area contributed by atoms with Crippen molar-refractivity contribution in [3.05, 3.63) is 29.3 Å². The first-order valence-electron chi connectivity index (χ1n) is 6.54.